The molecule has 0 fully saturated rings. The molecule has 0 spiro atoms. The smallest absolute Gasteiger partial charge is 0.326 e. The number of carboxylic acid groups (broad SMARTS) is 1. The Hall–Kier alpha value is -2.70. The molecule has 0 saturated carbocycles. The third kappa shape index (κ3) is 3.65. The maximum Gasteiger partial charge on any atom is 0.326 e. The van der Waals surface area contributed by atoms with Crippen molar-refractivity contribution < 1.29 is 14.7 Å². The monoisotopic (exact) mass is 288 g/mol. The van der Waals surface area contributed by atoms with Crippen molar-refractivity contribution in [1.29, 1.82) is 0 Å². The summed E-state index contributed by atoms with van der Waals surface area (Å²) < 4.78 is 0. The van der Waals surface area contributed by atoms with Crippen LogP contribution in [0.25, 0.3) is 5.69 Å². The number of carbonyl (C=O) groups excluding carboxylic acids is 1. The predicted octanol–water partition coefficient (Wildman–Crippen LogP) is 1.25. The van der Waals surface area contributed by atoms with Gasteiger partial charge in [-0.2, -0.15) is 9.90 Å². The van der Waals surface area contributed by atoms with Gasteiger partial charge in [0.1, 0.15) is 6.04 Å². The third-order valence-electron chi connectivity index (χ3n) is 2.89. The number of nitrogens with zero attached hydrogens (tertiary/aromatic N) is 3. The van der Waals surface area contributed by atoms with Crippen LogP contribution in [0.4, 0.5) is 0 Å². The number of hydrogen-bond acceptors (Lipinski definition) is 4. The van der Waals surface area contributed by atoms with Crippen LogP contribution in [0, 0.1) is 0 Å². The maximum absolute atomic E-state index is 12.0. The van der Waals surface area contributed by atoms with Gasteiger partial charge in [-0.3, -0.25) is 4.79 Å². The van der Waals surface area contributed by atoms with Crippen LogP contribution in [0.2, 0.25) is 0 Å². The molecule has 1 heterocycles. The molecular formula is C14H16N4O3. The van der Waals surface area contributed by atoms with E-state index in [1.54, 1.807) is 12.1 Å². The van der Waals surface area contributed by atoms with E-state index in [1.165, 1.54) is 11.0 Å². The first-order valence-corrected chi connectivity index (χ1v) is 6.63. The van der Waals surface area contributed by atoms with Crippen molar-refractivity contribution in [2.24, 2.45) is 0 Å². The standard InChI is InChI=1S/C14H16N4O3/c1-2-6-11(14(20)21)16-13(19)12-9-15-18(17-12)10-7-4-3-5-8-10/h3-5,7-9,11H,2,6H2,1H3,(H,16,19)(H,20,21)/t11-/m1/s1. The van der Waals surface area contributed by atoms with E-state index in [2.05, 4.69) is 15.5 Å². The zero-order valence-electron chi connectivity index (χ0n) is 11.6. The molecule has 21 heavy (non-hydrogen) atoms. The minimum Gasteiger partial charge on any atom is -0.480 e. The summed E-state index contributed by atoms with van der Waals surface area (Å²) in [5.74, 6) is -1.60. The molecule has 1 aromatic heterocycles. The number of carboxylic acids is 1. The summed E-state index contributed by atoms with van der Waals surface area (Å²) in [5, 5.41) is 19.5. The minimum atomic E-state index is -1.05. The third-order valence-corrected chi connectivity index (χ3v) is 2.89. The van der Waals surface area contributed by atoms with Gasteiger partial charge < -0.3 is 10.4 Å². The lowest BCUT2D eigenvalue weighted by Gasteiger charge is -2.11. The second kappa shape index (κ2) is 6.65. The first-order chi connectivity index (χ1) is 10.1. The molecule has 2 aromatic rings. The number of aromatic nitrogens is 3. The van der Waals surface area contributed by atoms with E-state index in [0.29, 0.717) is 12.8 Å². The molecule has 7 nitrogen and oxygen atoms in total. The van der Waals surface area contributed by atoms with Crippen molar-refractivity contribution in [1.82, 2.24) is 20.3 Å². The first-order valence-electron chi connectivity index (χ1n) is 6.63. The highest BCUT2D eigenvalue weighted by atomic mass is 16.4. The van der Waals surface area contributed by atoms with Gasteiger partial charge >= 0.3 is 5.97 Å². The molecule has 0 aliphatic carbocycles. The first kappa shape index (κ1) is 14.7. The number of amides is 1. The van der Waals surface area contributed by atoms with Crippen molar-refractivity contribution in [2.75, 3.05) is 0 Å². The van der Waals surface area contributed by atoms with E-state index < -0.39 is 17.9 Å². The second-order valence-electron chi connectivity index (χ2n) is 4.51. The van der Waals surface area contributed by atoms with Crippen molar-refractivity contribution in [3.63, 3.8) is 0 Å². The van der Waals surface area contributed by atoms with Crippen LogP contribution in [-0.2, 0) is 4.79 Å². The molecule has 7 heteroatoms. The van der Waals surface area contributed by atoms with Gasteiger partial charge in [-0.1, -0.05) is 31.5 Å². The number of rotatable bonds is 6. The molecule has 0 aliphatic rings. The normalized spacial score (nSPS) is 11.9. The van der Waals surface area contributed by atoms with Crippen LogP contribution < -0.4 is 5.32 Å². The summed E-state index contributed by atoms with van der Waals surface area (Å²) in [5.41, 5.74) is 0.807. The van der Waals surface area contributed by atoms with Crippen molar-refractivity contribution in [3.05, 3.63) is 42.2 Å². The number of para-hydroxylation sites is 1. The molecule has 0 radical (unpaired) electrons. The Morgan fingerprint density at radius 1 is 1.33 bits per heavy atom. The Balaban J connectivity index is 2.10. The molecule has 110 valence electrons. The summed E-state index contributed by atoms with van der Waals surface area (Å²) in [7, 11) is 0. The molecule has 2 rings (SSSR count). The number of nitrogens with one attached hydrogen (secondary N) is 1. The highest BCUT2D eigenvalue weighted by molar-refractivity contribution is 5.94. The van der Waals surface area contributed by atoms with Gasteiger partial charge in [0.25, 0.3) is 5.91 Å². The van der Waals surface area contributed by atoms with Gasteiger partial charge in [0.15, 0.2) is 5.69 Å². The molecule has 2 N–H and O–H groups in total. The molecule has 0 aliphatic heterocycles. The van der Waals surface area contributed by atoms with Gasteiger partial charge in [-0.15, -0.1) is 5.10 Å². The van der Waals surface area contributed by atoms with E-state index >= 15 is 0 Å². The fraction of sp³-hybridized carbons (Fsp3) is 0.286. The molecule has 0 unspecified atom stereocenters. The highest BCUT2D eigenvalue weighted by Crippen LogP contribution is 2.05. The average molecular weight is 288 g/mol. The molecule has 1 atom stereocenters. The van der Waals surface area contributed by atoms with Gasteiger partial charge in [0.05, 0.1) is 11.9 Å². The Morgan fingerprint density at radius 3 is 2.67 bits per heavy atom. The van der Waals surface area contributed by atoms with Crippen LogP contribution in [0.1, 0.15) is 30.3 Å². The SMILES string of the molecule is CCC[C@@H](NC(=O)c1cnn(-c2ccccc2)n1)C(=O)O. The quantitative estimate of drug-likeness (QED) is 0.833. The summed E-state index contributed by atoms with van der Waals surface area (Å²) in [6.07, 6.45) is 2.34. The molecular weight excluding hydrogens is 272 g/mol. The van der Waals surface area contributed by atoms with E-state index in [4.69, 9.17) is 5.11 Å². The number of carbonyl (C=O) groups is 2. The van der Waals surface area contributed by atoms with E-state index in [1.807, 2.05) is 25.1 Å². The second-order valence-corrected chi connectivity index (χ2v) is 4.51. The Kier molecular flexibility index (Phi) is 4.65. The molecule has 1 amide bonds. The summed E-state index contributed by atoms with van der Waals surface area (Å²) >= 11 is 0. The lowest BCUT2D eigenvalue weighted by molar-refractivity contribution is -0.139. The van der Waals surface area contributed by atoms with Gasteiger partial charge in [0.2, 0.25) is 0 Å². The fourth-order valence-electron chi connectivity index (χ4n) is 1.83. The highest BCUT2D eigenvalue weighted by Gasteiger charge is 2.21. The lowest BCUT2D eigenvalue weighted by atomic mass is 10.1. The van der Waals surface area contributed by atoms with Crippen LogP contribution in [0.3, 0.4) is 0 Å². The van der Waals surface area contributed by atoms with Crippen molar-refractivity contribution in [2.45, 2.75) is 25.8 Å². The zero-order valence-corrected chi connectivity index (χ0v) is 11.6. The van der Waals surface area contributed by atoms with Crippen molar-refractivity contribution >= 4 is 11.9 Å². The zero-order chi connectivity index (χ0) is 15.2. The summed E-state index contributed by atoms with van der Waals surface area (Å²) in [4.78, 5) is 24.3. The van der Waals surface area contributed by atoms with Crippen molar-refractivity contribution in [3.8, 4) is 5.69 Å². The lowest BCUT2D eigenvalue weighted by Crippen LogP contribution is -2.40. The van der Waals surface area contributed by atoms with Crippen LogP contribution in [0.5, 0.6) is 0 Å². The fourth-order valence-corrected chi connectivity index (χ4v) is 1.83. The number of hydrogen-bond donors (Lipinski definition) is 2. The maximum atomic E-state index is 12.0. The number of benzene rings is 1. The van der Waals surface area contributed by atoms with E-state index in [-0.39, 0.29) is 5.69 Å². The number of aliphatic carboxylic acids is 1. The summed E-state index contributed by atoms with van der Waals surface area (Å²) in [6, 6.07) is 8.23. The van der Waals surface area contributed by atoms with Gasteiger partial charge in [-0.25, -0.2) is 4.79 Å². The molecule has 0 saturated heterocycles. The molecule has 0 bridgehead atoms. The Labute approximate surface area is 121 Å². The largest absolute Gasteiger partial charge is 0.480 e. The predicted molar refractivity (Wildman–Crippen MR) is 75.2 cm³/mol. The average Bonchev–Trinajstić information content (AvgIpc) is 2.97. The van der Waals surface area contributed by atoms with Gasteiger partial charge in [0, 0.05) is 0 Å². The summed E-state index contributed by atoms with van der Waals surface area (Å²) in [6.45, 7) is 1.85. The topological polar surface area (TPSA) is 97.1 Å². The van der Waals surface area contributed by atoms with Crippen LogP contribution in [0.15, 0.2) is 36.5 Å². The van der Waals surface area contributed by atoms with Gasteiger partial charge in [-0.05, 0) is 18.6 Å². The molecule has 1 aromatic carbocycles. The Morgan fingerprint density at radius 2 is 2.05 bits per heavy atom. The minimum absolute atomic E-state index is 0.0845. The van der Waals surface area contributed by atoms with E-state index in [0.717, 1.165) is 5.69 Å². The Bertz CT molecular complexity index is 624. The van der Waals surface area contributed by atoms with Crippen LogP contribution >= 0.6 is 0 Å². The van der Waals surface area contributed by atoms with E-state index in [9.17, 15) is 9.59 Å². The van der Waals surface area contributed by atoms with Crippen LogP contribution in [-0.4, -0.2) is 38.0 Å².